The molecule has 1 aliphatic rings. The Kier molecular flexibility index (Phi) is 6.65. The number of hydrogen-bond acceptors (Lipinski definition) is 5. The van der Waals surface area contributed by atoms with Gasteiger partial charge in [-0.1, -0.05) is 30.3 Å². The van der Waals surface area contributed by atoms with E-state index in [0.29, 0.717) is 6.61 Å². The van der Waals surface area contributed by atoms with Crippen LogP contribution < -0.4 is 15.4 Å². The summed E-state index contributed by atoms with van der Waals surface area (Å²) >= 11 is 0. The molecular formula is C20H28N4O. The van der Waals surface area contributed by atoms with Gasteiger partial charge in [0.25, 0.3) is 0 Å². The molecule has 5 heteroatoms. The Labute approximate surface area is 150 Å². The second-order valence-electron chi connectivity index (χ2n) is 6.42. The van der Waals surface area contributed by atoms with Gasteiger partial charge in [0.15, 0.2) is 11.6 Å². The van der Waals surface area contributed by atoms with Crippen LogP contribution in [0.1, 0.15) is 18.4 Å². The van der Waals surface area contributed by atoms with Crippen molar-refractivity contribution in [1.29, 1.82) is 0 Å². The van der Waals surface area contributed by atoms with E-state index in [9.17, 15) is 0 Å². The summed E-state index contributed by atoms with van der Waals surface area (Å²) < 4.78 is 6.05. The summed E-state index contributed by atoms with van der Waals surface area (Å²) in [7, 11) is 0. The normalized spacial score (nSPS) is 15.3. The molecule has 1 aliphatic heterocycles. The van der Waals surface area contributed by atoms with Crippen LogP contribution in [-0.2, 0) is 6.61 Å². The van der Waals surface area contributed by atoms with E-state index >= 15 is 0 Å². The fourth-order valence-electron chi connectivity index (χ4n) is 3.13. The third-order valence-corrected chi connectivity index (χ3v) is 4.59. The van der Waals surface area contributed by atoms with Crippen LogP contribution in [0.3, 0.4) is 0 Å². The number of hydrogen-bond donors (Lipinski definition) is 1. The number of pyridine rings is 1. The van der Waals surface area contributed by atoms with Gasteiger partial charge in [0.2, 0.25) is 0 Å². The molecule has 1 aromatic heterocycles. The van der Waals surface area contributed by atoms with E-state index < -0.39 is 0 Å². The lowest BCUT2D eigenvalue weighted by molar-refractivity contribution is 0.250. The number of rotatable bonds is 8. The van der Waals surface area contributed by atoms with Crippen molar-refractivity contribution >= 4 is 5.82 Å². The van der Waals surface area contributed by atoms with Crippen molar-refractivity contribution in [2.45, 2.75) is 19.4 Å². The Hall–Kier alpha value is -2.11. The number of piperazine rings is 1. The van der Waals surface area contributed by atoms with Gasteiger partial charge in [-0.05, 0) is 43.6 Å². The highest BCUT2D eigenvalue weighted by Gasteiger charge is 2.20. The van der Waals surface area contributed by atoms with Crippen LogP contribution in [0.5, 0.6) is 5.75 Å². The average molecular weight is 340 g/mol. The minimum atomic E-state index is 0.568. The molecule has 25 heavy (non-hydrogen) atoms. The molecule has 0 aliphatic carbocycles. The van der Waals surface area contributed by atoms with Crippen molar-refractivity contribution < 1.29 is 4.74 Å². The molecule has 0 unspecified atom stereocenters. The molecule has 1 fully saturated rings. The molecule has 0 amide bonds. The molecule has 2 aromatic rings. The van der Waals surface area contributed by atoms with Crippen molar-refractivity contribution in [1.82, 2.24) is 9.88 Å². The summed E-state index contributed by atoms with van der Waals surface area (Å²) in [6.07, 6.45) is 4.14. The first kappa shape index (κ1) is 17.7. The molecule has 5 nitrogen and oxygen atoms in total. The molecule has 3 rings (SSSR count). The van der Waals surface area contributed by atoms with Gasteiger partial charge in [0, 0.05) is 32.4 Å². The fourth-order valence-corrected chi connectivity index (χ4v) is 3.13. The van der Waals surface area contributed by atoms with Crippen molar-refractivity contribution in [3.63, 3.8) is 0 Å². The monoisotopic (exact) mass is 340 g/mol. The third kappa shape index (κ3) is 5.18. The van der Waals surface area contributed by atoms with Crippen LogP contribution in [0, 0.1) is 0 Å². The van der Waals surface area contributed by atoms with Gasteiger partial charge in [-0.15, -0.1) is 0 Å². The lowest BCUT2D eigenvalue weighted by Crippen LogP contribution is -2.47. The second kappa shape index (κ2) is 9.39. The SMILES string of the molecule is NCCCCN1CCN(c2ncccc2OCc2ccccc2)CC1. The van der Waals surface area contributed by atoms with Crippen molar-refractivity contribution in [3.8, 4) is 5.75 Å². The number of ether oxygens (including phenoxy) is 1. The molecule has 0 spiro atoms. The van der Waals surface area contributed by atoms with Gasteiger partial charge in [-0.2, -0.15) is 0 Å². The summed E-state index contributed by atoms with van der Waals surface area (Å²) in [6, 6.07) is 14.2. The molecule has 0 radical (unpaired) electrons. The maximum atomic E-state index is 6.05. The molecule has 0 bridgehead atoms. The lowest BCUT2D eigenvalue weighted by Gasteiger charge is -2.35. The minimum absolute atomic E-state index is 0.568. The topological polar surface area (TPSA) is 54.6 Å². The summed E-state index contributed by atoms with van der Waals surface area (Å²) in [5.74, 6) is 1.82. The summed E-state index contributed by atoms with van der Waals surface area (Å²) in [4.78, 5) is 9.43. The highest BCUT2D eigenvalue weighted by Crippen LogP contribution is 2.27. The quantitative estimate of drug-likeness (QED) is 0.749. The number of unbranched alkanes of at least 4 members (excludes halogenated alkanes) is 1. The standard InChI is InChI=1S/C20H28N4O/c21-10-4-5-12-23-13-15-24(16-14-23)20-19(9-6-11-22-20)25-17-18-7-2-1-3-8-18/h1-3,6-9,11H,4-5,10,12-17,21H2. The molecular weight excluding hydrogens is 312 g/mol. The summed E-state index contributed by atoms with van der Waals surface area (Å²) in [5.41, 5.74) is 6.75. The van der Waals surface area contributed by atoms with E-state index in [1.165, 1.54) is 12.0 Å². The van der Waals surface area contributed by atoms with Crippen LogP contribution >= 0.6 is 0 Å². The van der Waals surface area contributed by atoms with E-state index in [4.69, 9.17) is 10.5 Å². The van der Waals surface area contributed by atoms with E-state index in [1.54, 1.807) is 0 Å². The number of nitrogens with two attached hydrogens (primary N) is 1. The number of anilines is 1. The Morgan fingerprint density at radius 1 is 0.960 bits per heavy atom. The van der Waals surface area contributed by atoms with Gasteiger partial charge >= 0.3 is 0 Å². The van der Waals surface area contributed by atoms with Crippen LogP contribution in [0.2, 0.25) is 0 Å². The maximum absolute atomic E-state index is 6.05. The zero-order valence-corrected chi connectivity index (χ0v) is 14.8. The van der Waals surface area contributed by atoms with E-state index in [0.717, 1.165) is 57.3 Å². The van der Waals surface area contributed by atoms with Gasteiger partial charge in [-0.25, -0.2) is 4.98 Å². The molecule has 0 atom stereocenters. The van der Waals surface area contributed by atoms with Gasteiger partial charge in [-0.3, -0.25) is 4.90 Å². The maximum Gasteiger partial charge on any atom is 0.171 e. The first-order chi connectivity index (χ1) is 12.4. The third-order valence-electron chi connectivity index (χ3n) is 4.59. The summed E-state index contributed by atoms with van der Waals surface area (Å²) in [6.45, 7) is 6.61. The van der Waals surface area contributed by atoms with E-state index in [1.807, 2.05) is 36.5 Å². The molecule has 1 saturated heterocycles. The molecule has 2 heterocycles. The minimum Gasteiger partial charge on any atom is -0.485 e. The molecule has 0 saturated carbocycles. The predicted molar refractivity (Wildman–Crippen MR) is 102 cm³/mol. The zero-order valence-electron chi connectivity index (χ0n) is 14.8. The molecule has 134 valence electrons. The van der Waals surface area contributed by atoms with Gasteiger partial charge < -0.3 is 15.4 Å². The van der Waals surface area contributed by atoms with Crippen molar-refractivity contribution in [2.24, 2.45) is 5.73 Å². The van der Waals surface area contributed by atoms with Gasteiger partial charge in [0.05, 0.1) is 0 Å². The Morgan fingerprint density at radius 3 is 2.52 bits per heavy atom. The van der Waals surface area contributed by atoms with Crippen LogP contribution in [0.15, 0.2) is 48.7 Å². The van der Waals surface area contributed by atoms with Gasteiger partial charge in [0.1, 0.15) is 6.61 Å². The average Bonchev–Trinajstić information content (AvgIpc) is 2.68. The number of benzene rings is 1. The van der Waals surface area contributed by atoms with Crippen LogP contribution in [-0.4, -0.2) is 49.2 Å². The second-order valence-corrected chi connectivity index (χ2v) is 6.42. The Morgan fingerprint density at radius 2 is 1.76 bits per heavy atom. The Bertz CT molecular complexity index is 627. The molecule has 2 N–H and O–H groups in total. The highest BCUT2D eigenvalue weighted by atomic mass is 16.5. The first-order valence-corrected chi connectivity index (χ1v) is 9.16. The summed E-state index contributed by atoms with van der Waals surface area (Å²) in [5, 5.41) is 0. The highest BCUT2D eigenvalue weighted by molar-refractivity contribution is 5.52. The Balaban J connectivity index is 1.56. The smallest absolute Gasteiger partial charge is 0.171 e. The first-order valence-electron chi connectivity index (χ1n) is 9.16. The van der Waals surface area contributed by atoms with Crippen LogP contribution in [0.25, 0.3) is 0 Å². The van der Waals surface area contributed by atoms with Crippen molar-refractivity contribution in [3.05, 3.63) is 54.2 Å². The van der Waals surface area contributed by atoms with Crippen molar-refractivity contribution in [2.75, 3.05) is 44.2 Å². The number of aromatic nitrogens is 1. The van der Waals surface area contributed by atoms with Crippen LogP contribution in [0.4, 0.5) is 5.82 Å². The fraction of sp³-hybridized carbons (Fsp3) is 0.450. The lowest BCUT2D eigenvalue weighted by atomic mass is 10.2. The predicted octanol–water partition coefficient (Wildman–Crippen LogP) is 2.52. The zero-order chi connectivity index (χ0) is 17.3. The van der Waals surface area contributed by atoms with E-state index in [2.05, 4.69) is 26.9 Å². The molecule has 1 aromatic carbocycles. The number of nitrogens with zero attached hydrogens (tertiary/aromatic N) is 3. The van der Waals surface area contributed by atoms with E-state index in [-0.39, 0.29) is 0 Å². The largest absolute Gasteiger partial charge is 0.485 e.